The first kappa shape index (κ1) is 17.8. The topological polar surface area (TPSA) is 71.7 Å². The van der Waals surface area contributed by atoms with Crippen molar-refractivity contribution < 1.29 is 9.18 Å². The molecular formula is C20H24FN5O. The monoisotopic (exact) mass is 369 g/mol. The Balaban J connectivity index is 1.51. The van der Waals surface area contributed by atoms with Crippen molar-refractivity contribution in [1.29, 1.82) is 5.26 Å². The summed E-state index contributed by atoms with van der Waals surface area (Å²) in [4.78, 5) is 21.6. The molecule has 27 heavy (non-hydrogen) atoms. The molecule has 1 aromatic rings. The Morgan fingerprint density at radius 1 is 1.11 bits per heavy atom. The molecule has 3 aliphatic rings. The first-order valence-electron chi connectivity index (χ1n) is 9.68. The van der Waals surface area contributed by atoms with Crippen LogP contribution in [0.5, 0.6) is 0 Å². The van der Waals surface area contributed by atoms with Gasteiger partial charge in [0, 0.05) is 26.2 Å². The number of benzene rings is 1. The van der Waals surface area contributed by atoms with Gasteiger partial charge in [0.1, 0.15) is 5.82 Å². The summed E-state index contributed by atoms with van der Waals surface area (Å²) in [7, 11) is 0. The van der Waals surface area contributed by atoms with Crippen LogP contribution in [0.3, 0.4) is 0 Å². The molecular weight excluding hydrogens is 345 g/mol. The van der Waals surface area contributed by atoms with E-state index < -0.39 is 11.5 Å². The highest BCUT2D eigenvalue weighted by atomic mass is 19.1. The Bertz CT molecular complexity index is 788. The number of carbonyl (C=O) groups is 1. The summed E-state index contributed by atoms with van der Waals surface area (Å²) in [5, 5.41) is 12.4. The van der Waals surface area contributed by atoms with Crippen LogP contribution in [0.25, 0.3) is 0 Å². The van der Waals surface area contributed by atoms with Gasteiger partial charge in [-0.3, -0.25) is 10.1 Å². The van der Waals surface area contributed by atoms with Gasteiger partial charge in [0.05, 0.1) is 17.3 Å². The van der Waals surface area contributed by atoms with Gasteiger partial charge >= 0.3 is 0 Å². The second kappa shape index (κ2) is 7.18. The van der Waals surface area contributed by atoms with Crippen LogP contribution in [0.2, 0.25) is 0 Å². The molecule has 1 atom stereocenters. The van der Waals surface area contributed by atoms with Gasteiger partial charge in [-0.05, 0) is 25.0 Å². The first-order chi connectivity index (χ1) is 13.1. The molecule has 1 amide bonds. The molecule has 1 aliphatic carbocycles. The van der Waals surface area contributed by atoms with Crippen molar-refractivity contribution in [2.45, 2.75) is 37.6 Å². The molecule has 1 saturated carbocycles. The molecule has 7 heteroatoms. The summed E-state index contributed by atoms with van der Waals surface area (Å²) < 4.78 is 14.0. The summed E-state index contributed by atoms with van der Waals surface area (Å²) >= 11 is 0. The van der Waals surface area contributed by atoms with Crippen molar-refractivity contribution in [1.82, 2.24) is 10.2 Å². The summed E-state index contributed by atoms with van der Waals surface area (Å²) in [6.45, 7) is 2.62. The number of halogens is 1. The molecule has 6 nitrogen and oxygen atoms in total. The van der Waals surface area contributed by atoms with E-state index >= 15 is 0 Å². The fourth-order valence-electron chi connectivity index (χ4n) is 4.49. The minimum absolute atomic E-state index is 0.215. The van der Waals surface area contributed by atoms with Crippen LogP contribution in [-0.2, 0) is 4.79 Å². The van der Waals surface area contributed by atoms with Crippen LogP contribution in [0.15, 0.2) is 29.3 Å². The molecule has 4 rings (SSSR count). The number of guanidine groups is 1. The molecule has 1 aromatic carbocycles. The molecule has 1 saturated heterocycles. The predicted octanol–water partition coefficient (Wildman–Crippen LogP) is 2.28. The van der Waals surface area contributed by atoms with E-state index in [9.17, 15) is 14.4 Å². The Labute approximate surface area is 158 Å². The fraction of sp³-hybridized carbons (Fsp3) is 0.550. The number of rotatable bonds is 1. The SMILES string of the molecule is N#C[C@H]1C(=O)NC(N2CCN(c3ccccc3F)CC2)=NC12CCCCC2. The van der Waals surface area contributed by atoms with Crippen LogP contribution in [-0.4, -0.2) is 48.5 Å². The molecule has 0 bridgehead atoms. The van der Waals surface area contributed by atoms with E-state index in [4.69, 9.17) is 4.99 Å². The maximum Gasteiger partial charge on any atom is 0.246 e. The van der Waals surface area contributed by atoms with Crippen LogP contribution in [0, 0.1) is 23.1 Å². The number of nitriles is 1. The third-order valence-electron chi connectivity index (χ3n) is 5.98. The van der Waals surface area contributed by atoms with Gasteiger partial charge in [-0.25, -0.2) is 9.38 Å². The molecule has 2 fully saturated rings. The number of para-hydroxylation sites is 1. The van der Waals surface area contributed by atoms with Crippen molar-refractivity contribution in [3.8, 4) is 6.07 Å². The number of nitrogens with one attached hydrogen (secondary N) is 1. The minimum atomic E-state index is -0.707. The lowest BCUT2D eigenvalue weighted by Gasteiger charge is -2.44. The van der Waals surface area contributed by atoms with Crippen molar-refractivity contribution in [2.24, 2.45) is 10.9 Å². The van der Waals surface area contributed by atoms with E-state index in [1.165, 1.54) is 6.07 Å². The summed E-state index contributed by atoms with van der Waals surface area (Å²) in [5.74, 6) is -0.573. The number of piperazine rings is 1. The highest BCUT2D eigenvalue weighted by molar-refractivity contribution is 6.02. The van der Waals surface area contributed by atoms with Crippen molar-refractivity contribution in [2.75, 3.05) is 31.1 Å². The van der Waals surface area contributed by atoms with Gasteiger partial charge in [-0.2, -0.15) is 5.26 Å². The molecule has 2 heterocycles. The van der Waals surface area contributed by atoms with E-state index in [0.717, 1.165) is 32.1 Å². The molecule has 2 aliphatic heterocycles. The van der Waals surface area contributed by atoms with E-state index in [0.29, 0.717) is 37.8 Å². The largest absolute Gasteiger partial charge is 0.366 e. The molecule has 0 aromatic heterocycles. The number of hydrogen-bond donors (Lipinski definition) is 1. The second-order valence-corrected chi connectivity index (χ2v) is 7.58. The van der Waals surface area contributed by atoms with Crippen molar-refractivity contribution in [3.05, 3.63) is 30.1 Å². The average molecular weight is 369 g/mol. The normalized spacial score (nSPS) is 25.0. The van der Waals surface area contributed by atoms with Gasteiger partial charge in [0.15, 0.2) is 5.92 Å². The fourth-order valence-corrected chi connectivity index (χ4v) is 4.49. The lowest BCUT2D eigenvalue weighted by Crippen LogP contribution is -2.60. The van der Waals surface area contributed by atoms with E-state index in [-0.39, 0.29) is 11.7 Å². The Morgan fingerprint density at radius 3 is 2.44 bits per heavy atom. The van der Waals surface area contributed by atoms with Crippen LogP contribution >= 0.6 is 0 Å². The van der Waals surface area contributed by atoms with Gasteiger partial charge in [-0.15, -0.1) is 0 Å². The highest BCUT2D eigenvalue weighted by Crippen LogP contribution is 2.40. The second-order valence-electron chi connectivity index (χ2n) is 7.58. The van der Waals surface area contributed by atoms with E-state index in [1.54, 1.807) is 12.1 Å². The highest BCUT2D eigenvalue weighted by Gasteiger charge is 2.48. The molecule has 1 N–H and O–H groups in total. The number of carbonyl (C=O) groups excluding carboxylic acids is 1. The van der Waals surface area contributed by atoms with Gasteiger partial charge in [0.25, 0.3) is 0 Å². The van der Waals surface area contributed by atoms with Crippen molar-refractivity contribution >= 4 is 17.6 Å². The lowest BCUT2D eigenvalue weighted by molar-refractivity contribution is -0.125. The zero-order valence-corrected chi connectivity index (χ0v) is 15.3. The zero-order chi connectivity index (χ0) is 18.9. The minimum Gasteiger partial charge on any atom is -0.366 e. The zero-order valence-electron chi connectivity index (χ0n) is 15.3. The number of nitrogens with zero attached hydrogens (tertiary/aromatic N) is 4. The summed E-state index contributed by atoms with van der Waals surface area (Å²) in [6, 6.07) is 8.98. The standard InChI is InChI=1S/C20H24FN5O/c21-16-6-2-3-7-17(16)25-10-12-26(13-11-25)19-23-18(27)15(14-22)20(24-19)8-4-1-5-9-20/h2-3,6-7,15H,1,4-5,8-13H2,(H,23,24,27)/t15-/m0/s1. The maximum absolute atomic E-state index is 14.0. The molecule has 1 spiro atoms. The van der Waals surface area contributed by atoms with Crippen LogP contribution < -0.4 is 10.2 Å². The first-order valence-corrected chi connectivity index (χ1v) is 9.68. The molecule has 0 unspecified atom stereocenters. The Kier molecular flexibility index (Phi) is 4.73. The summed E-state index contributed by atoms with van der Waals surface area (Å²) in [6.07, 6.45) is 4.72. The number of hydrogen-bond acceptors (Lipinski definition) is 5. The van der Waals surface area contributed by atoms with Crippen LogP contribution in [0.1, 0.15) is 32.1 Å². The Hall–Kier alpha value is -2.62. The average Bonchev–Trinajstić information content (AvgIpc) is 2.69. The smallest absolute Gasteiger partial charge is 0.246 e. The third-order valence-corrected chi connectivity index (χ3v) is 5.98. The molecule has 0 radical (unpaired) electrons. The quantitative estimate of drug-likeness (QED) is 0.824. The number of amides is 1. The number of anilines is 1. The van der Waals surface area contributed by atoms with E-state index in [1.807, 2.05) is 11.0 Å². The van der Waals surface area contributed by atoms with Crippen LogP contribution in [0.4, 0.5) is 10.1 Å². The predicted molar refractivity (Wildman–Crippen MR) is 101 cm³/mol. The van der Waals surface area contributed by atoms with Gasteiger partial charge < -0.3 is 9.80 Å². The Morgan fingerprint density at radius 2 is 1.78 bits per heavy atom. The third kappa shape index (κ3) is 3.25. The number of aliphatic imine (C=N–C) groups is 1. The van der Waals surface area contributed by atoms with Crippen molar-refractivity contribution in [3.63, 3.8) is 0 Å². The van der Waals surface area contributed by atoms with Gasteiger partial charge in [-0.1, -0.05) is 31.4 Å². The summed E-state index contributed by atoms with van der Waals surface area (Å²) in [5.41, 5.74) is 0.0351. The maximum atomic E-state index is 14.0. The lowest BCUT2D eigenvalue weighted by atomic mass is 9.72. The van der Waals surface area contributed by atoms with Gasteiger partial charge in [0.2, 0.25) is 11.9 Å². The molecule has 142 valence electrons. The van der Waals surface area contributed by atoms with E-state index in [2.05, 4.69) is 16.3 Å².